The van der Waals surface area contributed by atoms with Crippen LogP contribution < -0.4 is 5.73 Å². The van der Waals surface area contributed by atoms with Gasteiger partial charge in [0.1, 0.15) is 11.6 Å². The highest BCUT2D eigenvalue weighted by Crippen LogP contribution is 2.12. The number of imidazole rings is 1. The Hall–Kier alpha value is -2.44. The summed E-state index contributed by atoms with van der Waals surface area (Å²) in [5, 5.41) is 11.4. The van der Waals surface area contributed by atoms with E-state index in [4.69, 9.17) is 10.9 Å². The Labute approximate surface area is 101 Å². The van der Waals surface area contributed by atoms with E-state index >= 15 is 0 Å². The van der Waals surface area contributed by atoms with Crippen molar-refractivity contribution in [2.24, 2.45) is 10.9 Å². The monoisotopic (exact) mass is 252 g/mol. The first-order valence-electron chi connectivity index (χ1n) is 5.05. The zero-order valence-corrected chi connectivity index (χ0v) is 9.22. The van der Waals surface area contributed by atoms with Gasteiger partial charge in [-0.15, -0.1) is 0 Å². The van der Waals surface area contributed by atoms with Gasteiger partial charge in [0.05, 0.1) is 6.54 Å². The van der Waals surface area contributed by atoms with Crippen LogP contribution in [0.5, 0.6) is 0 Å². The van der Waals surface area contributed by atoms with Crippen LogP contribution in [0.1, 0.15) is 11.4 Å². The summed E-state index contributed by atoms with van der Waals surface area (Å²) in [5.41, 5.74) is 5.56. The van der Waals surface area contributed by atoms with Gasteiger partial charge in [-0.25, -0.2) is 13.8 Å². The van der Waals surface area contributed by atoms with Crippen molar-refractivity contribution in [2.75, 3.05) is 0 Å². The van der Waals surface area contributed by atoms with Crippen molar-refractivity contribution >= 4 is 5.84 Å². The molecule has 5 nitrogen and oxygen atoms in total. The van der Waals surface area contributed by atoms with Crippen LogP contribution >= 0.6 is 0 Å². The van der Waals surface area contributed by atoms with Crippen molar-refractivity contribution in [1.82, 2.24) is 9.55 Å². The minimum absolute atomic E-state index is 0.0369. The number of aromatic nitrogens is 2. The molecule has 3 N–H and O–H groups in total. The molecule has 0 amide bonds. The first-order chi connectivity index (χ1) is 8.61. The van der Waals surface area contributed by atoms with E-state index in [1.54, 1.807) is 0 Å². The molecule has 1 aromatic carbocycles. The number of hydrogen-bond acceptors (Lipinski definition) is 3. The highest BCUT2D eigenvalue weighted by Gasteiger charge is 2.11. The Morgan fingerprint density at radius 3 is 2.94 bits per heavy atom. The van der Waals surface area contributed by atoms with Crippen LogP contribution in [-0.2, 0) is 6.54 Å². The summed E-state index contributed by atoms with van der Waals surface area (Å²) in [4.78, 5) is 3.87. The molecular formula is C11H10F2N4O. The predicted molar refractivity (Wildman–Crippen MR) is 60.2 cm³/mol. The van der Waals surface area contributed by atoms with E-state index in [1.165, 1.54) is 17.0 Å². The fourth-order valence-corrected chi connectivity index (χ4v) is 1.56. The lowest BCUT2D eigenvalue weighted by Gasteiger charge is -2.07. The van der Waals surface area contributed by atoms with Crippen LogP contribution in [0.25, 0.3) is 0 Å². The molecule has 0 unspecified atom stereocenters. The summed E-state index contributed by atoms with van der Waals surface area (Å²) < 4.78 is 27.9. The summed E-state index contributed by atoms with van der Waals surface area (Å²) in [6.45, 7) is 0.0369. The summed E-state index contributed by atoms with van der Waals surface area (Å²) in [6.07, 6.45) is 2.95. The van der Waals surface area contributed by atoms with Gasteiger partial charge < -0.3 is 15.5 Å². The average Bonchev–Trinajstić information content (AvgIpc) is 2.81. The van der Waals surface area contributed by atoms with Crippen molar-refractivity contribution < 1.29 is 14.0 Å². The molecule has 0 atom stereocenters. The number of hydrogen-bond donors (Lipinski definition) is 2. The maximum Gasteiger partial charge on any atom is 0.206 e. The number of benzene rings is 1. The maximum absolute atomic E-state index is 13.5. The van der Waals surface area contributed by atoms with E-state index in [0.717, 1.165) is 18.2 Å². The molecule has 7 heteroatoms. The van der Waals surface area contributed by atoms with Crippen LogP contribution in [0, 0.1) is 11.6 Å². The summed E-state index contributed by atoms with van der Waals surface area (Å²) in [7, 11) is 0. The zero-order valence-electron chi connectivity index (χ0n) is 9.22. The van der Waals surface area contributed by atoms with Gasteiger partial charge in [-0.3, -0.25) is 0 Å². The first kappa shape index (κ1) is 12.0. The van der Waals surface area contributed by atoms with Crippen LogP contribution in [0.3, 0.4) is 0 Å². The topological polar surface area (TPSA) is 76.4 Å². The predicted octanol–water partition coefficient (Wildman–Crippen LogP) is 1.30. The van der Waals surface area contributed by atoms with Gasteiger partial charge in [0.15, 0.2) is 5.82 Å². The van der Waals surface area contributed by atoms with Gasteiger partial charge in [-0.05, 0) is 18.2 Å². The van der Waals surface area contributed by atoms with Crippen molar-refractivity contribution in [3.8, 4) is 0 Å². The Morgan fingerprint density at radius 1 is 1.44 bits per heavy atom. The quantitative estimate of drug-likeness (QED) is 0.374. The van der Waals surface area contributed by atoms with Gasteiger partial charge in [0, 0.05) is 18.0 Å². The molecule has 94 valence electrons. The van der Waals surface area contributed by atoms with E-state index in [2.05, 4.69) is 10.1 Å². The SMILES string of the molecule is NC(=NO)c1nccn1Cc1cc(F)ccc1F. The van der Waals surface area contributed by atoms with E-state index in [9.17, 15) is 8.78 Å². The van der Waals surface area contributed by atoms with Crippen molar-refractivity contribution in [3.05, 3.63) is 53.6 Å². The summed E-state index contributed by atoms with van der Waals surface area (Å²) >= 11 is 0. The largest absolute Gasteiger partial charge is 0.409 e. The van der Waals surface area contributed by atoms with Gasteiger partial charge >= 0.3 is 0 Å². The Balaban J connectivity index is 2.35. The molecular weight excluding hydrogens is 242 g/mol. The van der Waals surface area contributed by atoms with Crippen LogP contribution in [0.15, 0.2) is 35.7 Å². The third-order valence-corrected chi connectivity index (χ3v) is 2.40. The minimum atomic E-state index is -0.532. The molecule has 0 fully saturated rings. The second-order valence-corrected chi connectivity index (χ2v) is 3.60. The fourth-order valence-electron chi connectivity index (χ4n) is 1.56. The number of rotatable bonds is 3. The Morgan fingerprint density at radius 2 is 2.22 bits per heavy atom. The van der Waals surface area contributed by atoms with Crippen molar-refractivity contribution in [1.29, 1.82) is 0 Å². The van der Waals surface area contributed by atoms with Gasteiger partial charge in [0.2, 0.25) is 5.84 Å². The maximum atomic E-state index is 13.5. The van der Waals surface area contributed by atoms with E-state index in [1.807, 2.05) is 0 Å². The third-order valence-electron chi connectivity index (χ3n) is 2.40. The van der Waals surface area contributed by atoms with Gasteiger partial charge in [0.25, 0.3) is 0 Å². The Bertz CT molecular complexity index is 594. The molecule has 1 heterocycles. The second-order valence-electron chi connectivity index (χ2n) is 3.60. The molecule has 0 radical (unpaired) electrons. The van der Waals surface area contributed by atoms with Gasteiger partial charge in [-0.2, -0.15) is 0 Å². The van der Waals surface area contributed by atoms with Crippen LogP contribution in [0.4, 0.5) is 8.78 Å². The third kappa shape index (κ3) is 2.29. The molecule has 0 spiro atoms. The molecule has 1 aromatic heterocycles. The number of halogens is 2. The van der Waals surface area contributed by atoms with Crippen molar-refractivity contribution in [2.45, 2.75) is 6.54 Å². The molecule has 0 aliphatic rings. The standard InChI is InChI=1S/C11H10F2N4O/c12-8-1-2-9(13)7(5-8)6-17-4-3-15-11(17)10(14)16-18/h1-5,18H,6H2,(H2,14,16). The van der Waals surface area contributed by atoms with Gasteiger partial charge in [-0.1, -0.05) is 5.16 Å². The highest BCUT2D eigenvalue weighted by atomic mass is 19.1. The number of nitrogens with two attached hydrogens (primary N) is 1. The second kappa shape index (κ2) is 4.82. The summed E-state index contributed by atoms with van der Waals surface area (Å²) in [6, 6.07) is 3.17. The fraction of sp³-hybridized carbons (Fsp3) is 0.0909. The molecule has 0 saturated carbocycles. The molecule has 2 rings (SSSR count). The first-order valence-corrected chi connectivity index (χ1v) is 5.05. The van der Waals surface area contributed by atoms with Crippen LogP contribution in [0.2, 0.25) is 0 Å². The minimum Gasteiger partial charge on any atom is -0.409 e. The molecule has 18 heavy (non-hydrogen) atoms. The lowest BCUT2D eigenvalue weighted by molar-refractivity contribution is 0.318. The molecule has 2 aromatic rings. The normalized spacial score (nSPS) is 11.8. The Kier molecular flexibility index (Phi) is 3.22. The van der Waals surface area contributed by atoms with Crippen molar-refractivity contribution in [3.63, 3.8) is 0 Å². The smallest absolute Gasteiger partial charge is 0.206 e. The lowest BCUT2D eigenvalue weighted by Crippen LogP contribution is -2.20. The average molecular weight is 252 g/mol. The molecule has 0 aliphatic heterocycles. The summed E-state index contributed by atoms with van der Waals surface area (Å²) in [5.74, 6) is -1.08. The number of oxime groups is 1. The van der Waals surface area contributed by atoms with E-state index < -0.39 is 11.6 Å². The van der Waals surface area contributed by atoms with E-state index in [0.29, 0.717) is 0 Å². The van der Waals surface area contributed by atoms with E-state index in [-0.39, 0.29) is 23.8 Å². The molecule has 0 aliphatic carbocycles. The molecule has 0 bridgehead atoms. The number of amidine groups is 1. The molecule has 0 saturated heterocycles. The number of nitrogens with zero attached hydrogens (tertiary/aromatic N) is 3. The zero-order chi connectivity index (χ0) is 13.1. The van der Waals surface area contributed by atoms with Crippen LogP contribution in [-0.4, -0.2) is 20.6 Å². The highest BCUT2D eigenvalue weighted by molar-refractivity contribution is 5.93. The lowest BCUT2D eigenvalue weighted by atomic mass is 10.2.